The highest BCUT2D eigenvalue weighted by Crippen LogP contribution is 2.22. The Morgan fingerprint density at radius 1 is 1.21 bits per heavy atom. The lowest BCUT2D eigenvalue weighted by atomic mass is 10.1. The number of morpholine rings is 1. The van der Waals surface area contributed by atoms with Crippen molar-refractivity contribution in [1.29, 1.82) is 0 Å². The van der Waals surface area contributed by atoms with E-state index in [-0.39, 0.29) is 30.1 Å². The third kappa shape index (κ3) is 4.75. The number of hydrogen-bond donors (Lipinski definition) is 0. The molecular formula is C20H23FN2O5S. The third-order valence-electron chi connectivity index (χ3n) is 4.68. The highest BCUT2D eigenvalue weighted by molar-refractivity contribution is 7.89. The average Bonchev–Trinajstić information content (AvgIpc) is 2.74. The van der Waals surface area contributed by atoms with Crippen molar-refractivity contribution in [2.45, 2.75) is 11.4 Å². The molecule has 156 valence electrons. The molecule has 2 aromatic carbocycles. The zero-order valence-electron chi connectivity index (χ0n) is 16.3. The van der Waals surface area contributed by atoms with Crippen LogP contribution in [-0.2, 0) is 21.3 Å². The average molecular weight is 422 g/mol. The number of halogens is 1. The second-order valence-electron chi connectivity index (χ2n) is 6.67. The van der Waals surface area contributed by atoms with Gasteiger partial charge in [0.05, 0.1) is 30.8 Å². The lowest BCUT2D eigenvalue weighted by molar-refractivity contribution is 0.0730. The summed E-state index contributed by atoms with van der Waals surface area (Å²) in [5.41, 5.74) is 0.516. The van der Waals surface area contributed by atoms with Crippen LogP contribution >= 0.6 is 0 Å². The first-order valence-corrected chi connectivity index (χ1v) is 10.5. The molecule has 1 aliphatic heterocycles. The SMILES string of the molecule is COc1cccc(CN(C)C(=O)c2cc(S(=O)(=O)N3CCOCC3)ccc2F)c1. The maximum absolute atomic E-state index is 14.4. The number of ether oxygens (including phenoxy) is 2. The highest BCUT2D eigenvalue weighted by atomic mass is 32.2. The first-order valence-electron chi connectivity index (χ1n) is 9.09. The Morgan fingerprint density at radius 2 is 1.93 bits per heavy atom. The minimum absolute atomic E-state index is 0.112. The number of methoxy groups -OCH3 is 1. The molecule has 9 heteroatoms. The van der Waals surface area contributed by atoms with Gasteiger partial charge in [-0.1, -0.05) is 12.1 Å². The van der Waals surface area contributed by atoms with Crippen LogP contribution in [0.25, 0.3) is 0 Å². The Balaban J connectivity index is 1.83. The molecule has 2 aromatic rings. The van der Waals surface area contributed by atoms with Crippen LogP contribution in [-0.4, -0.2) is 64.0 Å². The molecule has 7 nitrogen and oxygen atoms in total. The van der Waals surface area contributed by atoms with Gasteiger partial charge in [-0.2, -0.15) is 4.31 Å². The van der Waals surface area contributed by atoms with Gasteiger partial charge in [0.25, 0.3) is 5.91 Å². The minimum atomic E-state index is -3.83. The summed E-state index contributed by atoms with van der Waals surface area (Å²) in [6.45, 7) is 1.26. The molecule has 0 spiro atoms. The number of hydrogen-bond acceptors (Lipinski definition) is 5. The van der Waals surface area contributed by atoms with E-state index in [1.807, 2.05) is 6.07 Å². The predicted molar refractivity (Wildman–Crippen MR) is 105 cm³/mol. The molecule has 0 atom stereocenters. The number of nitrogens with zero attached hydrogens (tertiary/aromatic N) is 2. The quantitative estimate of drug-likeness (QED) is 0.713. The Morgan fingerprint density at radius 3 is 2.62 bits per heavy atom. The zero-order chi connectivity index (χ0) is 21.0. The van der Waals surface area contributed by atoms with Crippen LogP contribution in [0.5, 0.6) is 5.75 Å². The zero-order valence-corrected chi connectivity index (χ0v) is 17.1. The number of carbonyl (C=O) groups is 1. The summed E-state index contributed by atoms with van der Waals surface area (Å²) < 4.78 is 51.6. The molecule has 0 unspecified atom stereocenters. The van der Waals surface area contributed by atoms with Crippen molar-refractivity contribution in [2.24, 2.45) is 0 Å². The molecule has 0 saturated carbocycles. The van der Waals surface area contributed by atoms with E-state index in [4.69, 9.17) is 9.47 Å². The van der Waals surface area contributed by atoms with Gasteiger partial charge in [-0.25, -0.2) is 12.8 Å². The summed E-state index contributed by atoms with van der Waals surface area (Å²) in [6.07, 6.45) is 0. The van der Waals surface area contributed by atoms with Crippen LogP contribution in [0.15, 0.2) is 47.4 Å². The standard InChI is InChI=1S/C20H23FN2O5S/c1-22(14-15-4-3-5-16(12-15)27-2)20(24)18-13-17(6-7-19(18)21)29(25,26)23-8-10-28-11-9-23/h3-7,12-13H,8-11,14H2,1-2H3. The van der Waals surface area contributed by atoms with Gasteiger partial charge < -0.3 is 14.4 Å². The number of carbonyl (C=O) groups excluding carboxylic acids is 1. The third-order valence-corrected chi connectivity index (χ3v) is 6.57. The fourth-order valence-corrected chi connectivity index (χ4v) is 4.52. The van der Waals surface area contributed by atoms with Crippen LogP contribution < -0.4 is 4.74 Å². The molecule has 1 aliphatic rings. The number of amides is 1. The minimum Gasteiger partial charge on any atom is -0.497 e. The second kappa shape index (κ2) is 8.89. The van der Waals surface area contributed by atoms with Crippen molar-refractivity contribution in [1.82, 2.24) is 9.21 Å². The molecule has 0 bridgehead atoms. The van der Waals surface area contributed by atoms with Gasteiger partial charge in [0.2, 0.25) is 10.0 Å². The Hall–Kier alpha value is -2.49. The van der Waals surface area contributed by atoms with E-state index in [1.165, 1.54) is 22.3 Å². The van der Waals surface area contributed by atoms with E-state index in [9.17, 15) is 17.6 Å². The molecule has 1 amide bonds. The fourth-order valence-electron chi connectivity index (χ4n) is 3.09. The normalized spacial score (nSPS) is 15.1. The highest BCUT2D eigenvalue weighted by Gasteiger charge is 2.28. The van der Waals surface area contributed by atoms with Gasteiger partial charge in [-0.15, -0.1) is 0 Å². The van der Waals surface area contributed by atoms with E-state index >= 15 is 0 Å². The molecular weight excluding hydrogens is 399 g/mol. The molecule has 1 heterocycles. The van der Waals surface area contributed by atoms with Crippen LogP contribution in [0.4, 0.5) is 4.39 Å². The van der Waals surface area contributed by atoms with Crippen molar-refractivity contribution in [3.8, 4) is 5.75 Å². The van der Waals surface area contributed by atoms with Crippen LogP contribution in [0.2, 0.25) is 0 Å². The molecule has 29 heavy (non-hydrogen) atoms. The Labute approximate surface area is 169 Å². The predicted octanol–water partition coefficient (Wildman–Crippen LogP) is 2.13. The fraction of sp³-hybridized carbons (Fsp3) is 0.350. The Kier molecular flexibility index (Phi) is 6.51. The second-order valence-corrected chi connectivity index (χ2v) is 8.61. The maximum atomic E-state index is 14.4. The molecule has 1 saturated heterocycles. The van der Waals surface area contributed by atoms with E-state index < -0.39 is 21.7 Å². The van der Waals surface area contributed by atoms with Crippen LogP contribution in [0.1, 0.15) is 15.9 Å². The number of benzene rings is 2. The first-order chi connectivity index (χ1) is 13.8. The summed E-state index contributed by atoms with van der Waals surface area (Å²) in [4.78, 5) is 14.0. The van der Waals surface area contributed by atoms with E-state index in [0.717, 1.165) is 17.7 Å². The Bertz CT molecular complexity index is 990. The number of rotatable bonds is 6. The molecule has 3 rings (SSSR count). The van der Waals surface area contributed by atoms with Crippen molar-refractivity contribution in [3.63, 3.8) is 0 Å². The summed E-state index contributed by atoms with van der Waals surface area (Å²) in [5, 5.41) is 0. The van der Waals surface area contributed by atoms with Gasteiger partial charge in [0.1, 0.15) is 11.6 Å². The van der Waals surface area contributed by atoms with Gasteiger partial charge in [-0.3, -0.25) is 4.79 Å². The summed E-state index contributed by atoms with van der Waals surface area (Å²) >= 11 is 0. The maximum Gasteiger partial charge on any atom is 0.256 e. The smallest absolute Gasteiger partial charge is 0.256 e. The van der Waals surface area contributed by atoms with Crippen LogP contribution in [0, 0.1) is 5.82 Å². The van der Waals surface area contributed by atoms with E-state index in [2.05, 4.69) is 0 Å². The molecule has 0 aromatic heterocycles. The molecule has 0 aliphatic carbocycles. The van der Waals surface area contributed by atoms with E-state index in [0.29, 0.717) is 19.0 Å². The van der Waals surface area contributed by atoms with Crippen molar-refractivity contribution in [3.05, 3.63) is 59.4 Å². The summed E-state index contributed by atoms with van der Waals surface area (Å²) in [6, 6.07) is 10.5. The van der Waals surface area contributed by atoms with Gasteiger partial charge >= 0.3 is 0 Å². The lowest BCUT2D eigenvalue weighted by Crippen LogP contribution is -2.40. The van der Waals surface area contributed by atoms with Crippen molar-refractivity contribution >= 4 is 15.9 Å². The monoisotopic (exact) mass is 422 g/mol. The van der Waals surface area contributed by atoms with Crippen molar-refractivity contribution in [2.75, 3.05) is 40.5 Å². The van der Waals surface area contributed by atoms with Crippen molar-refractivity contribution < 1.29 is 27.1 Å². The van der Waals surface area contributed by atoms with Crippen LogP contribution in [0.3, 0.4) is 0 Å². The first kappa shape index (κ1) is 21.2. The molecule has 0 radical (unpaired) electrons. The largest absolute Gasteiger partial charge is 0.497 e. The topological polar surface area (TPSA) is 76.2 Å². The summed E-state index contributed by atoms with van der Waals surface area (Å²) in [5.74, 6) is -0.731. The van der Waals surface area contributed by atoms with Gasteiger partial charge in [0.15, 0.2) is 0 Å². The lowest BCUT2D eigenvalue weighted by Gasteiger charge is -2.26. The van der Waals surface area contributed by atoms with Gasteiger partial charge in [-0.05, 0) is 35.9 Å². The number of sulfonamides is 1. The summed E-state index contributed by atoms with van der Waals surface area (Å²) in [7, 11) is -0.751. The van der Waals surface area contributed by atoms with E-state index in [1.54, 1.807) is 25.3 Å². The molecule has 0 N–H and O–H groups in total. The van der Waals surface area contributed by atoms with Gasteiger partial charge in [0, 0.05) is 26.7 Å². The molecule has 1 fully saturated rings.